The topological polar surface area (TPSA) is 164 Å². The highest BCUT2D eigenvalue weighted by Crippen LogP contribution is 2.44. The Morgan fingerprint density at radius 2 is 1.67 bits per heavy atom. The molecule has 4 aromatic rings. The Morgan fingerprint density at radius 1 is 0.957 bits per heavy atom. The Morgan fingerprint density at radius 3 is 2.33 bits per heavy atom. The molecule has 69 heavy (non-hydrogen) atoms. The molecular formula is C51H66Cl2N8O6S2. The van der Waals surface area contributed by atoms with Gasteiger partial charge in [0.05, 0.1) is 16.4 Å². The number of anilines is 2. The fourth-order valence-corrected chi connectivity index (χ4v) is 12.1. The van der Waals surface area contributed by atoms with E-state index in [0.717, 1.165) is 119 Å². The van der Waals surface area contributed by atoms with Crippen molar-refractivity contribution in [1.29, 1.82) is 0 Å². The molecule has 2 aliphatic carbocycles. The zero-order valence-corrected chi connectivity index (χ0v) is 42.6. The summed E-state index contributed by atoms with van der Waals surface area (Å²) in [6.45, 7) is 13.4. The van der Waals surface area contributed by atoms with Crippen LogP contribution in [0.5, 0.6) is 0 Å². The lowest BCUT2D eigenvalue weighted by atomic mass is 9.71. The number of hydrogen-bond donors (Lipinski definition) is 4. The number of nitro groups is 1. The number of carbonyl (C=O) groups is 1. The summed E-state index contributed by atoms with van der Waals surface area (Å²) < 4.78 is 29.3. The van der Waals surface area contributed by atoms with E-state index >= 15 is 0 Å². The average molecular weight is 1020 g/mol. The van der Waals surface area contributed by atoms with Gasteiger partial charge in [-0.1, -0.05) is 54.4 Å². The summed E-state index contributed by atoms with van der Waals surface area (Å²) in [5.41, 5.74) is 5.32. The monoisotopic (exact) mass is 1020 g/mol. The van der Waals surface area contributed by atoms with E-state index in [0.29, 0.717) is 31.3 Å². The van der Waals surface area contributed by atoms with Gasteiger partial charge in [0.2, 0.25) is 0 Å². The van der Waals surface area contributed by atoms with Crippen LogP contribution >= 0.6 is 35.8 Å². The molecule has 2 unspecified atom stereocenters. The van der Waals surface area contributed by atoms with Gasteiger partial charge in [-0.15, -0.1) is 24.2 Å². The van der Waals surface area contributed by atoms with Crippen molar-refractivity contribution < 1.29 is 23.2 Å². The van der Waals surface area contributed by atoms with Crippen molar-refractivity contribution in [3.63, 3.8) is 0 Å². The number of rotatable bonds is 21. The molecule has 2 heterocycles. The number of sulfonamides is 1. The fourth-order valence-electron chi connectivity index (χ4n) is 9.96. The zero-order chi connectivity index (χ0) is 47.7. The first-order chi connectivity index (χ1) is 32.8. The van der Waals surface area contributed by atoms with Crippen LogP contribution in [-0.4, -0.2) is 142 Å². The predicted octanol–water partition coefficient (Wildman–Crippen LogP) is 7.88. The van der Waals surface area contributed by atoms with Crippen LogP contribution in [0, 0.1) is 15.5 Å². The van der Waals surface area contributed by atoms with E-state index in [2.05, 4.69) is 54.0 Å². The highest BCUT2D eigenvalue weighted by Gasteiger charge is 2.35. The third-order valence-electron chi connectivity index (χ3n) is 13.8. The van der Waals surface area contributed by atoms with Crippen LogP contribution in [0.15, 0.2) is 112 Å². The zero-order valence-electron chi connectivity index (χ0n) is 39.4. The number of nitro benzene ring substituents is 1. The number of halogens is 2. The van der Waals surface area contributed by atoms with Crippen molar-refractivity contribution in [3.8, 4) is 0 Å². The highest BCUT2D eigenvalue weighted by atomic mass is 35.5. The van der Waals surface area contributed by atoms with Gasteiger partial charge in [0.25, 0.3) is 21.6 Å². The fraction of sp³-hybridized carbons (Fsp3) is 0.471. The number of nitrogens with zero attached hydrogens (tertiary/aromatic N) is 5. The smallest absolute Gasteiger partial charge is 0.293 e. The summed E-state index contributed by atoms with van der Waals surface area (Å²) in [5, 5.41) is 29.6. The number of hydrogen-bond acceptors (Lipinski definition) is 13. The second kappa shape index (κ2) is 24.3. The van der Waals surface area contributed by atoms with E-state index in [-0.39, 0.29) is 46.6 Å². The Labute approximate surface area is 422 Å². The number of carbonyl (C=O) groups excluding carboxylic acids is 1. The minimum absolute atomic E-state index is 0. The van der Waals surface area contributed by atoms with E-state index in [1.807, 2.05) is 54.6 Å². The molecule has 18 heteroatoms. The Balaban J connectivity index is 0.00000703. The summed E-state index contributed by atoms with van der Waals surface area (Å²) in [6.07, 6.45) is 6.10. The summed E-state index contributed by atoms with van der Waals surface area (Å²) in [4.78, 5) is 35.6. The standard InChI is InChI=1S/C51H65ClN8O6S2.ClH/c1-51(37-57-25-22-53-23-26-57)21-19-47(38-7-11-41(52)12-8-38)40(34-51)35-56-27-29-59(30-28-56)43-13-9-39(10-14-43)50(62)55-68(65,66)46-17-18-48(49(33-46)60(63)64)54-42(36-67-45-5-3-2-4-6-45)20-24-58(31-32-61)44-15-16-44;/h2-14,17-18,33,42,44,53-54,61H,15-16,19-32,34-37H2,1H3,(H,55,62);1H. The molecule has 0 radical (unpaired) electrons. The maximum Gasteiger partial charge on any atom is 0.293 e. The summed E-state index contributed by atoms with van der Waals surface area (Å²) in [5.74, 6) is -0.222. The van der Waals surface area contributed by atoms with Crippen molar-refractivity contribution in [2.75, 3.05) is 101 Å². The van der Waals surface area contributed by atoms with Crippen LogP contribution in [-0.2, 0) is 10.0 Å². The van der Waals surface area contributed by atoms with Gasteiger partial charge < -0.3 is 25.5 Å². The maximum absolute atomic E-state index is 13.6. The van der Waals surface area contributed by atoms with Gasteiger partial charge in [-0.3, -0.25) is 24.7 Å². The van der Waals surface area contributed by atoms with Crippen LogP contribution in [0.1, 0.15) is 61.4 Å². The first-order valence-corrected chi connectivity index (χ1v) is 26.8. The second-order valence-corrected chi connectivity index (χ2v) is 22.2. The van der Waals surface area contributed by atoms with Gasteiger partial charge in [0.1, 0.15) is 5.69 Å². The van der Waals surface area contributed by atoms with E-state index in [1.165, 1.54) is 28.8 Å². The number of benzene rings is 4. The lowest BCUT2D eigenvalue weighted by Crippen LogP contribution is -2.49. The predicted molar refractivity (Wildman–Crippen MR) is 281 cm³/mol. The largest absolute Gasteiger partial charge is 0.395 e. The molecule has 3 fully saturated rings. The quantitative estimate of drug-likeness (QED) is 0.0363. The van der Waals surface area contributed by atoms with Gasteiger partial charge >= 0.3 is 0 Å². The molecule has 0 spiro atoms. The van der Waals surface area contributed by atoms with Crippen LogP contribution in [0.4, 0.5) is 17.1 Å². The molecule has 4 aromatic carbocycles. The average Bonchev–Trinajstić information content (AvgIpc) is 4.19. The first kappa shape index (κ1) is 52.6. The van der Waals surface area contributed by atoms with E-state index < -0.39 is 26.5 Å². The molecule has 0 aromatic heterocycles. The third kappa shape index (κ3) is 14.4. The van der Waals surface area contributed by atoms with Crippen molar-refractivity contribution >= 4 is 74.3 Å². The molecule has 2 saturated heterocycles. The van der Waals surface area contributed by atoms with Gasteiger partial charge in [-0.25, -0.2) is 13.1 Å². The minimum atomic E-state index is -4.47. The van der Waals surface area contributed by atoms with Crippen molar-refractivity contribution in [1.82, 2.24) is 24.7 Å². The molecule has 1 amide bonds. The molecule has 1 saturated carbocycles. The van der Waals surface area contributed by atoms with Crippen LogP contribution < -0.4 is 20.3 Å². The molecule has 2 atom stereocenters. The number of piperazine rings is 2. The van der Waals surface area contributed by atoms with Crippen molar-refractivity contribution in [2.45, 2.75) is 67.3 Å². The van der Waals surface area contributed by atoms with Crippen molar-refractivity contribution in [3.05, 3.63) is 129 Å². The molecular weight excluding hydrogens is 956 g/mol. The Kier molecular flexibility index (Phi) is 18.5. The minimum Gasteiger partial charge on any atom is -0.395 e. The molecule has 4 N–H and O–H groups in total. The summed E-state index contributed by atoms with van der Waals surface area (Å²) >= 11 is 7.92. The van der Waals surface area contributed by atoms with E-state index in [1.54, 1.807) is 23.9 Å². The van der Waals surface area contributed by atoms with Gasteiger partial charge in [0.15, 0.2) is 0 Å². The third-order valence-corrected chi connectivity index (χ3v) is 16.6. The lowest BCUT2D eigenvalue weighted by molar-refractivity contribution is -0.384. The van der Waals surface area contributed by atoms with Crippen molar-refractivity contribution in [2.24, 2.45) is 5.41 Å². The molecule has 4 aliphatic rings. The van der Waals surface area contributed by atoms with Gasteiger partial charge in [0, 0.05) is 124 Å². The molecule has 372 valence electrons. The number of nitrogens with one attached hydrogen (secondary N) is 3. The Bertz CT molecular complexity index is 2490. The Hall–Kier alpha value is -4.23. The molecule has 14 nitrogen and oxygen atoms in total. The van der Waals surface area contributed by atoms with Crippen LogP contribution in [0.25, 0.3) is 5.57 Å². The van der Waals surface area contributed by atoms with Gasteiger partial charge in [-0.2, -0.15) is 0 Å². The maximum atomic E-state index is 13.6. The summed E-state index contributed by atoms with van der Waals surface area (Å²) in [7, 11) is -4.47. The number of allylic oxidation sites excluding steroid dienone is 1. The van der Waals surface area contributed by atoms with E-state index in [9.17, 15) is 28.4 Å². The number of aliphatic hydroxyl groups is 1. The number of aliphatic hydroxyl groups excluding tert-OH is 1. The normalized spacial score (nSPS) is 19.8. The number of amides is 1. The summed E-state index contributed by atoms with van der Waals surface area (Å²) in [6, 6.07) is 29.0. The SMILES string of the molecule is CC1(CN2CCNCC2)CCC(c2ccc(Cl)cc2)=C(CN2CCN(c3ccc(C(=O)NS(=O)(=O)c4ccc(NC(CCN(CCO)C5CC5)CSc5ccccc5)c([N+](=O)[O-])c4)cc3)CC2)C1.Cl. The molecule has 2 aliphatic heterocycles. The van der Waals surface area contributed by atoms with Crippen LogP contribution in [0.2, 0.25) is 5.02 Å². The van der Waals surface area contributed by atoms with Crippen LogP contribution in [0.3, 0.4) is 0 Å². The van der Waals surface area contributed by atoms with Gasteiger partial charge in [-0.05, 0) is 116 Å². The number of thioether (sulfide) groups is 1. The molecule has 0 bridgehead atoms. The van der Waals surface area contributed by atoms with E-state index in [4.69, 9.17) is 11.6 Å². The molecule has 8 rings (SSSR count). The highest BCUT2D eigenvalue weighted by molar-refractivity contribution is 7.99. The lowest BCUT2D eigenvalue weighted by Gasteiger charge is -2.43. The second-order valence-electron chi connectivity index (χ2n) is 19.0. The first-order valence-electron chi connectivity index (χ1n) is 24.0.